The van der Waals surface area contributed by atoms with Gasteiger partial charge < -0.3 is 19.2 Å². The largest absolute Gasteiger partial charge is 0.497 e. The Morgan fingerprint density at radius 3 is 2.50 bits per heavy atom. The number of nitrogens with one attached hydrogen (secondary N) is 1. The number of anilines is 1. The van der Waals surface area contributed by atoms with E-state index in [0.29, 0.717) is 28.6 Å². The van der Waals surface area contributed by atoms with E-state index in [0.717, 1.165) is 0 Å². The van der Waals surface area contributed by atoms with Gasteiger partial charge in [-0.15, -0.1) is 0 Å². The minimum atomic E-state index is -0.380. The van der Waals surface area contributed by atoms with Crippen LogP contribution in [0.25, 0.3) is 11.5 Å². The smallest absolute Gasteiger partial charge is 0.254 e. The van der Waals surface area contributed by atoms with Gasteiger partial charge in [-0.2, -0.15) is 0 Å². The monoisotopic (exact) mass is 355 g/mol. The fourth-order valence-corrected chi connectivity index (χ4v) is 2.34. The Morgan fingerprint density at radius 1 is 1.19 bits per heavy atom. The quantitative estimate of drug-likeness (QED) is 0.728. The predicted octanol–water partition coefficient (Wildman–Crippen LogP) is 2.16. The van der Waals surface area contributed by atoms with E-state index in [1.807, 2.05) is 0 Å². The zero-order chi connectivity index (χ0) is 18.5. The second-order valence-corrected chi connectivity index (χ2v) is 5.37. The maximum Gasteiger partial charge on any atom is 0.254 e. The summed E-state index contributed by atoms with van der Waals surface area (Å²) in [6.07, 6.45) is 2.81. The number of furan rings is 1. The molecular formula is C18H17N3O5. The van der Waals surface area contributed by atoms with Gasteiger partial charge in [0.25, 0.3) is 5.56 Å². The van der Waals surface area contributed by atoms with E-state index >= 15 is 0 Å². The molecule has 3 aromatic rings. The van der Waals surface area contributed by atoms with Crippen molar-refractivity contribution in [3.8, 4) is 23.0 Å². The van der Waals surface area contributed by atoms with Gasteiger partial charge in [0.05, 0.1) is 26.8 Å². The van der Waals surface area contributed by atoms with Crippen LogP contribution in [0.5, 0.6) is 11.5 Å². The van der Waals surface area contributed by atoms with Crippen molar-refractivity contribution in [3.05, 3.63) is 59.3 Å². The summed E-state index contributed by atoms with van der Waals surface area (Å²) >= 11 is 0. The fraction of sp³-hybridized carbons (Fsp3) is 0.167. The molecule has 26 heavy (non-hydrogen) atoms. The summed E-state index contributed by atoms with van der Waals surface area (Å²) < 4.78 is 16.7. The highest BCUT2D eigenvalue weighted by molar-refractivity contribution is 5.91. The Balaban J connectivity index is 1.73. The average molecular weight is 355 g/mol. The Labute approximate surface area is 149 Å². The Kier molecular flexibility index (Phi) is 5.02. The first-order valence-corrected chi connectivity index (χ1v) is 7.72. The summed E-state index contributed by atoms with van der Waals surface area (Å²) in [4.78, 5) is 28.6. The lowest BCUT2D eigenvalue weighted by Gasteiger charge is -2.10. The first-order valence-electron chi connectivity index (χ1n) is 7.72. The van der Waals surface area contributed by atoms with Crippen LogP contribution in [0.15, 0.2) is 58.2 Å². The predicted molar refractivity (Wildman–Crippen MR) is 94.4 cm³/mol. The summed E-state index contributed by atoms with van der Waals surface area (Å²) in [6, 6.07) is 9.73. The molecular weight excluding hydrogens is 338 g/mol. The third-order valence-corrected chi connectivity index (χ3v) is 3.60. The summed E-state index contributed by atoms with van der Waals surface area (Å²) in [5, 5.41) is 2.70. The molecule has 0 saturated carbocycles. The van der Waals surface area contributed by atoms with E-state index in [-0.39, 0.29) is 18.0 Å². The van der Waals surface area contributed by atoms with Crippen LogP contribution in [-0.4, -0.2) is 29.7 Å². The van der Waals surface area contributed by atoms with Gasteiger partial charge in [-0.1, -0.05) is 0 Å². The van der Waals surface area contributed by atoms with Crippen molar-refractivity contribution in [3.63, 3.8) is 0 Å². The van der Waals surface area contributed by atoms with E-state index in [9.17, 15) is 9.59 Å². The molecule has 0 unspecified atom stereocenters. The Bertz CT molecular complexity index is 941. The van der Waals surface area contributed by atoms with E-state index < -0.39 is 0 Å². The highest BCUT2D eigenvalue weighted by Crippen LogP contribution is 2.25. The lowest BCUT2D eigenvalue weighted by atomic mass is 10.2. The van der Waals surface area contributed by atoms with Gasteiger partial charge in [0.1, 0.15) is 23.7 Å². The standard InChI is InChI=1S/C18H17N3O5/c1-24-13-6-12(7-14(8-13)25-2)20-17(22)10-21-11-19-15(9-18(21)23)16-4-3-5-26-16/h3-9,11H,10H2,1-2H3,(H,20,22). The maximum atomic E-state index is 12.2. The molecule has 0 bridgehead atoms. The first kappa shape index (κ1) is 17.3. The molecule has 2 heterocycles. The van der Waals surface area contributed by atoms with Crippen LogP contribution in [0, 0.1) is 0 Å². The molecule has 0 fully saturated rings. The minimum Gasteiger partial charge on any atom is -0.497 e. The van der Waals surface area contributed by atoms with Crippen LogP contribution in [0.4, 0.5) is 5.69 Å². The molecule has 0 aliphatic rings. The third-order valence-electron chi connectivity index (χ3n) is 3.60. The van der Waals surface area contributed by atoms with Gasteiger partial charge in [0.2, 0.25) is 5.91 Å². The highest BCUT2D eigenvalue weighted by atomic mass is 16.5. The van der Waals surface area contributed by atoms with Crippen molar-refractivity contribution in [2.24, 2.45) is 0 Å². The van der Waals surface area contributed by atoms with Crippen LogP contribution in [-0.2, 0) is 11.3 Å². The maximum absolute atomic E-state index is 12.2. The zero-order valence-electron chi connectivity index (χ0n) is 14.3. The molecule has 0 aliphatic heterocycles. The number of carbonyl (C=O) groups excluding carboxylic acids is 1. The molecule has 0 aliphatic carbocycles. The molecule has 8 nitrogen and oxygen atoms in total. The summed E-state index contributed by atoms with van der Waals surface area (Å²) in [7, 11) is 3.04. The average Bonchev–Trinajstić information content (AvgIpc) is 3.17. The van der Waals surface area contributed by atoms with E-state index in [2.05, 4.69) is 10.3 Å². The number of methoxy groups -OCH3 is 2. The summed E-state index contributed by atoms with van der Waals surface area (Å²) in [5.74, 6) is 1.19. The summed E-state index contributed by atoms with van der Waals surface area (Å²) in [5.41, 5.74) is 0.554. The van der Waals surface area contributed by atoms with Gasteiger partial charge >= 0.3 is 0 Å². The molecule has 2 aromatic heterocycles. The van der Waals surface area contributed by atoms with Crippen molar-refractivity contribution in [2.45, 2.75) is 6.54 Å². The number of nitrogens with zero attached hydrogens (tertiary/aromatic N) is 2. The molecule has 134 valence electrons. The van der Waals surface area contributed by atoms with Gasteiger partial charge in [0, 0.05) is 30.0 Å². The Hall–Kier alpha value is -3.55. The molecule has 0 spiro atoms. The SMILES string of the molecule is COc1cc(NC(=O)Cn2cnc(-c3ccco3)cc2=O)cc(OC)c1. The van der Waals surface area contributed by atoms with Gasteiger partial charge in [-0.25, -0.2) is 4.98 Å². The van der Waals surface area contributed by atoms with E-state index in [1.54, 1.807) is 30.3 Å². The topological polar surface area (TPSA) is 95.6 Å². The lowest BCUT2D eigenvalue weighted by molar-refractivity contribution is -0.116. The second kappa shape index (κ2) is 7.56. The molecule has 1 amide bonds. The number of hydrogen-bond acceptors (Lipinski definition) is 6. The molecule has 1 aromatic carbocycles. The van der Waals surface area contributed by atoms with Gasteiger partial charge in [0.15, 0.2) is 5.76 Å². The van der Waals surface area contributed by atoms with Crippen molar-refractivity contribution < 1.29 is 18.7 Å². The van der Waals surface area contributed by atoms with Crippen LogP contribution in [0.1, 0.15) is 0 Å². The minimum absolute atomic E-state index is 0.177. The third kappa shape index (κ3) is 3.92. The van der Waals surface area contributed by atoms with E-state index in [4.69, 9.17) is 13.9 Å². The normalized spacial score (nSPS) is 10.4. The van der Waals surface area contributed by atoms with Crippen molar-refractivity contribution in [1.29, 1.82) is 0 Å². The van der Waals surface area contributed by atoms with Gasteiger partial charge in [-0.3, -0.25) is 14.2 Å². The number of carbonyl (C=O) groups is 1. The molecule has 8 heteroatoms. The zero-order valence-corrected chi connectivity index (χ0v) is 14.3. The number of aromatic nitrogens is 2. The second-order valence-electron chi connectivity index (χ2n) is 5.37. The lowest BCUT2D eigenvalue weighted by Crippen LogP contribution is -2.27. The van der Waals surface area contributed by atoms with Crippen LogP contribution < -0.4 is 20.3 Å². The van der Waals surface area contributed by atoms with Crippen molar-refractivity contribution in [1.82, 2.24) is 9.55 Å². The molecule has 3 rings (SSSR count). The van der Waals surface area contributed by atoms with Crippen LogP contribution >= 0.6 is 0 Å². The van der Waals surface area contributed by atoms with Crippen molar-refractivity contribution >= 4 is 11.6 Å². The number of rotatable bonds is 6. The summed E-state index contributed by atoms with van der Waals surface area (Å²) in [6.45, 7) is -0.177. The fourth-order valence-electron chi connectivity index (χ4n) is 2.34. The van der Waals surface area contributed by atoms with Gasteiger partial charge in [-0.05, 0) is 12.1 Å². The highest BCUT2D eigenvalue weighted by Gasteiger charge is 2.10. The number of hydrogen-bond donors (Lipinski definition) is 1. The van der Waals surface area contributed by atoms with Crippen LogP contribution in [0.2, 0.25) is 0 Å². The number of ether oxygens (including phenoxy) is 2. The Morgan fingerprint density at radius 2 is 1.92 bits per heavy atom. The van der Waals surface area contributed by atoms with Crippen molar-refractivity contribution in [2.75, 3.05) is 19.5 Å². The first-order chi connectivity index (χ1) is 12.6. The molecule has 1 N–H and O–H groups in total. The molecule has 0 saturated heterocycles. The number of amides is 1. The number of benzene rings is 1. The molecule has 0 radical (unpaired) electrons. The molecule has 0 atom stereocenters. The van der Waals surface area contributed by atoms with E-state index in [1.165, 1.54) is 37.4 Å². The van der Waals surface area contributed by atoms with Crippen LogP contribution in [0.3, 0.4) is 0 Å².